The van der Waals surface area contributed by atoms with Gasteiger partial charge in [0.25, 0.3) is 0 Å². The SMILES string of the molecule is O=S1(=O)CCCC(F)(F)C1(F)F. The third-order valence-electron chi connectivity index (χ3n) is 1.72. The Morgan fingerprint density at radius 2 is 1.58 bits per heavy atom. The minimum atomic E-state index is -4.95. The second-order valence-electron chi connectivity index (χ2n) is 2.64. The van der Waals surface area contributed by atoms with Crippen molar-refractivity contribution >= 4 is 9.84 Å². The molecule has 0 bridgehead atoms. The van der Waals surface area contributed by atoms with Gasteiger partial charge in [-0.2, -0.15) is 17.6 Å². The van der Waals surface area contributed by atoms with Gasteiger partial charge in [0.15, 0.2) is 0 Å². The number of hydrogen-bond acceptors (Lipinski definition) is 2. The summed E-state index contributed by atoms with van der Waals surface area (Å²) in [5, 5.41) is -4.89. The van der Waals surface area contributed by atoms with Crippen LogP contribution in [-0.4, -0.2) is 25.3 Å². The second kappa shape index (κ2) is 2.34. The molecule has 0 aliphatic carbocycles. The predicted molar refractivity (Wildman–Crippen MR) is 32.9 cm³/mol. The Bertz CT molecular complexity index is 282. The maximum absolute atomic E-state index is 12.4. The van der Waals surface area contributed by atoms with Crippen LogP contribution in [-0.2, 0) is 9.84 Å². The van der Waals surface area contributed by atoms with E-state index in [1.54, 1.807) is 0 Å². The lowest BCUT2D eigenvalue weighted by Gasteiger charge is -2.30. The summed E-state index contributed by atoms with van der Waals surface area (Å²) in [4.78, 5) is 0. The van der Waals surface area contributed by atoms with Crippen LogP contribution in [0.25, 0.3) is 0 Å². The summed E-state index contributed by atoms with van der Waals surface area (Å²) >= 11 is 0. The van der Waals surface area contributed by atoms with E-state index < -0.39 is 39.6 Å². The van der Waals surface area contributed by atoms with Crippen LogP contribution in [0.2, 0.25) is 0 Å². The van der Waals surface area contributed by atoms with Crippen molar-refractivity contribution in [1.82, 2.24) is 0 Å². The molecule has 72 valence electrons. The molecule has 1 rings (SSSR count). The molecule has 0 aromatic rings. The fourth-order valence-corrected chi connectivity index (χ4v) is 2.32. The van der Waals surface area contributed by atoms with Crippen LogP contribution in [0.4, 0.5) is 17.6 Å². The molecule has 0 aromatic heterocycles. The Kier molecular flexibility index (Phi) is 1.90. The Morgan fingerprint density at radius 3 is 1.92 bits per heavy atom. The molecule has 1 aliphatic rings. The van der Waals surface area contributed by atoms with Crippen LogP contribution < -0.4 is 0 Å². The first-order valence-corrected chi connectivity index (χ1v) is 4.84. The molecule has 12 heavy (non-hydrogen) atoms. The van der Waals surface area contributed by atoms with E-state index in [4.69, 9.17) is 0 Å². The Morgan fingerprint density at radius 1 is 1.08 bits per heavy atom. The second-order valence-corrected chi connectivity index (χ2v) is 4.79. The lowest BCUT2D eigenvalue weighted by molar-refractivity contribution is -0.165. The van der Waals surface area contributed by atoms with Gasteiger partial charge >= 0.3 is 11.2 Å². The average molecular weight is 206 g/mol. The molecule has 0 amide bonds. The lowest BCUT2D eigenvalue weighted by Crippen LogP contribution is -2.51. The quantitative estimate of drug-likeness (QED) is 0.562. The molecule has 2 nitrogen and oxygen atoms in total. The molecule has 0 unspecified atom stereocenters. The summed E-state index contributed by atoms with van der Waals surface area (Å²) in [6.45, 7) is 0. The number of halogens is 4. The first-order chi connectivity index (χ1) is 5.21. The first kappa shape index (κ1) is 9.76. The molecular formula is C5H6F4O2S. The van der Waals surface area contributed by atoms with Crippen LogP contribution in [0.15, 0.2) is 0 Å². The average Bonchev–Trinajstić information content (AvgIpc) is 1.83. The van der Waals surface area contributed by atoms with Crippen molar-refractivity contribution < 1.29 is 26.0 Å². The third-order valence-corrected chi connectivity index (χ3v) is 3.63. The van der Waals surface area contributed by atoms with Gasteiger partial charge in [-0.25, -0.2) is 8.42 Å². The molecular weight excluding hydrogens is 200 g/mol. The van der Waals surface area contributed by atoms with Crippen LogP contribution in [0.5, 0.6) is 0 Å². The number of sulfone groups is 1. The molecule has 0 saturated carbocycles. The summed E-state index contributed by atoms with van der Waals surface area (Å²) in [7, 11) is -4.95. The summed E-state index contributed by atoms with van der Waals surface area (Å²) in [5.74, 6) is -5.28. The highest BCUT2D eigenvalue weighted by molar-refractivity contribution is 7.92. The fraction of sp³-hybridized carbons (Fsp3) is 1.00. The highest BCUT2D eigenvalue weighted by Gasteiger charge is 2.66. The number of hydrogen-bond donors (Lipinski definition) is 0. The minimum Gasteiger partial charge on any atom is -0.222 e. The number of alkyl halides is 4. The van der Waals surface area contributed by atoms with Gasteiger partial charge in [0.1, 0.15) is 0 Å². The van der Waals surface area contributed by atoms with E-state index in [1.165, 1.54) is 0 Å². The topological polar surface area (TPSA) is 34.1 Å². The van der Waals surface area contributed by atoms with E-state index in [0.29, 0.717) is 0 Å². The molecule has 0 aromatic carbocycles. The van der Waals surface area contributed by atoms with Crippen LogP contribution in [0, 0.1) is 0 Å². The van der Waals surface area contributed by atoms with Gasteiger partial charge in [-0.15, -0.1) is 0 Å². The summed E-state index contributed by atoms with van der Waals surface area (Å²) in [6.07, 6.45) is -1.48. The third kappa shape index (κ3) is 1.10. The van der Waals surface area contributed by atoms with Crippen molar-refractivity contribution in [1.29, 1.82) is 0 Å². The highest BCUT2D eigenvalue weighted by atomic mass is 32.2. The zero-order chi connectivity index (χ0) is 9.62. The van der Waals surface area contributed by atoms with Gasteiger partial charge in [-0.3, -0.25) is 0 Å². The molecule has 0 spiro atoms. The predicted octanol–water partition coefficient (Wildman–Crippen LogP) is 1.42. The van der Waals surface area contributed by atoms with E-state index in [9.17, 15) is 26.0 Å². The standard InChI is InChI=1S/C5H6F4O2S/c6-4(7)2-1-3-12(10,11)5(4,8)9/h1-3H2. The Hall–Kier alpha value is -0.330. The van der Waals surface area contributed by atoms with Crippen molar-refractivity contribution in [2.45, 2.75) is 24.0 Å². The van der Waals surface area contributed by atoms with E-state index >= 15 is 0 Å². The number of rotatable bonds is 0. The highest BCUT2D eigenvalue weighted by Crippen LogP contribution is 2.45. The minimum absolute atomic E-state index is 0.412. The van der Waals surface area contributed by atoms with Crippen molar-refractivity contribution in [3.8, 4) is 0 Å². The van der Waals surface area contributed by atoms with Gasteiger partial charge in [-0.05, 0) is 6.42 Å². The smallest absolute Gasteiger partial charge is 0.222 e. The summed E-state index contributed by atoms with van der Waals surface area (Å²) in [6, 6.07) is 0. The fourth-order valence-electron chi connectivity index (χ4n) is 0.985. The van der Waals surface area contributed by atoms with Gasteiger partial charge in [0, 0.05) is 6.42 Å². The summed E-state index contributed by atoms with van der Waals surface area (Å²) in [5.41, 5.74) is 0. The van der Waals surface area contributed by atoms with Crippen molar-refractivity contribution in [3.63, 3.8) is 0 Å². The zero-order valence-corrected chi connectivity index (χ0v) is 6.67. The van der Waals surface area contributed by atoms with E-state index in [1.807, 2.05) is 0 Å². The molecule has 0 N–H and O–H groups in total. The van der Waals surface area contributed by atoms with E-state index in [-0.39, 0.29) is 0 Å². The molecule has 0 radical (unpaired) electrons. The van der Waals surface area contributed by atoms with E-state index in [2.05, 4.69) is 0 Å². The Balaban J connectivity index is 3.16. The normalized spacial score (nSPS) is 31.3. The van der Waals surface area contributed by atoms with Crippen LogP contribution in [0.3, 0.4) is 0 Å². The van der Waals surface area contributed by atoms with Gasteiger partial charge in [0.05, 0.1) is 5.75 Å². The maximum Gasteiger partial charge on any atom is 0.407 e. The Labute approximate surface area is 66.5 Å². The molecule has 0 atom stereocenters. The molecule has 7 heteroatoms. The van der Waals surface area contributed by atoms with Crippen LogP contribution >= 0.6 is 0 Å². The van der Waals surface area contributed by atoms with E-state index in [0.717, 1.165) is 0 Å². The lowest BCUT2D eigenvalue weighted by atomic mass is 10.2. The molecule has 1 saturated heterocycles. The van der Waals surface area contributed by atoms with Crippen molar-refractivity contribution in [2.24, 2.45) is 0 Å². The zero-order valence-electron chi connectivity index (χ0n) is 5.86. The van der Waals surface area contributed by atoms with Crippen molar-refractivity contribution in [3.05, 3.63) is 0 Å². The molecule has 1 heterocycles. The largest absolute Gasteiger partial charge is 0.407 e. The monoisotopic (exact) mass is 206 g/mol. The van der Waals surface area contributed by atoms with Gasteiger partial charge in [-0.1, -0.05) is 0 Å². The molecule has 1 aliphatic heterocycles. The summed E-state index contributed by atoms with van der Waals surface area (Å²) < 4.78 is 70.5. The van der Waals surface area contributed by atoms with Crippen LogP contribution in [0.1, 0.15) is 12.8 Å². The maximum atomic E-state index is 12.4. The molecule has 1 fully saturated rings. The van der Waals surface area contributed by atoms with Gasteiger partial charge < -0.3 is 0 Å². The van der Waals surface area contributed by atoms with Crippen molar-refractivity contribution in [2.75, 3.05) is 5.75 Å². The first-order valence-electron chi connectivity index (χ1n) is 3.19. The van der Waals surface area contributed by atoms with Gasteiger partial charge in [0.2, 0.25) is 9.84 Å².